The molecule has 1 saturated carbocycles. The van der Waals surface area contributed by atoms with E-state index in [0.29, 0.717) is 11.7 Å². The second-order valence-electron chi connectivity index (χ2n) is 6.14. The van der Waals surface area contributed by atoms with Crippen LogP contribution in [-0.4, -0.2) is 41.5 Å². The molecule has 0 spiro atoms. The standard InChI is InChI=1S/C15H27NO2/c1-12(17)13-7-9-16(10-8-13)11-14-5-3-2-4-6-15(14)18/h12-14,17H,2-11H2,1H3. The molecule has 0 aromatic carbocycles. The summed E-state index contributed by atoms with van der Waals surface area (Å²) in [4.78, 5) is 14.4. The quantitative estimate of drug-likeness (QED) is 0.784. The van der Waals surface area contributed by atoms with Crippen LogP contribution in [0, 0.1) is 11.8 Å². The van der Waals surface area contributed by atoms with E-state index in [1.54, 1.807) is 0 Å². The number of aliphatic hydroxyl groups is 1. The lowest BCUT2D eigenvalue weighted by Crippen LogP contribution is -2.40. The van der Waals surface area contributed by atoms with E-state index in [1.807, 2.05) is 6.92 Å². The summed E-state index contributed by atoms with van der Waals surface area (Å²) in [6.07, 6.45) is 7.43. The van der Waals surface area contributed by atoms with Crippen LogP contribution >= 0.6 is 0 Å². The number of hydrogen-bond acceptors (Lipinski definition) is 3. The van der Waals surface area contributed by atoms with Crippen LogP contribution in [0.1, 0.15) is 51.9 Å². The molecule has 3 heteroatoms. The van der Waals surface area contributed by atoms with E-state index >= 15 is 0 Å². The maximum atomic E-state index is 12.0. The molecule has 0 radical (unpaired) electrons. The predicted molar refractivity (Wildman–Crippen MR) is 72.4 cm³/mol. The number of ketones is 1. The molecular weight excluding hydrogens is 226 g/mol. The van der Waals surface area contributed by atoms with Crippen molar-refractivity contribution in [3.8, 4) is 0 Å². The molecule has 1 saturated heterocycles. The van der Waals surface area contributed by atoms with Gasteiger partial charge in [0.1, 0.15) is 5.78 Å². The van der Waals surface area contributed by atoms with Gasteiger partial charge in [0.15, 0.2) is 0 Å². The van der Waals surface area contributed by atoms with Gasteiger partial charge in [-0.1, -0.05) is 12.8 Å². The van der Waals surface area contributed by atoms with Gasteiger partial charge in [0.05, 0.1) is 6.10 Å². The van der Waals surface area contributed by atoms with Crippen molar-refractivity contribution in [3.05, 3.63) is 0 Å². The van der Waals surface area contributed by atoms with E-state index in [2.05, 4.69) is 4.90 Å². The van der Waals surface area contributed by atoms with Crippen LogP contribution in [0.4, 0.5) is 0 Å². The molecule has 2 atom stereocenters. The van der Waals surface area contributed by atoms with E-state index in [0.717, 1.165) is 51.7 Å². The average molecular weight is 253 g/mol. The van der Waals surface area contributed by atoms with Gasteiger partial charge < -0.3 is 10.0 Å². The fourth-order valence-corrected chi connectivity index (χ4v) is 3.35. The number of nitrogens with zero attached hydrogens (tertiary/aromatic N) is 1. The fraction of sp³-hybridized carbons (Fsp3) is 0.933. The molecule has 1 N–H and O–H groups in total. The Labute approximate surface area is 111 Å². The maximum absolute atomic E-state index is 12.0. The van der Waals surface area contributed by atoms with Crippen molar-refractivity contribution in [1.82, 2.24) is 4.90 Å². The van der Waals surface area contributed by atoms with Crippen LogP contribution in [0.15, 0.2) is 0 Å². The first-order valence-electron chi connectivity index (χ1n) is 7.60. The number of piperidine rings is 1. The zero-order chi connectivity index (χ0) is 13.0. The van der Waals surface area contributed by atoms with E-state index in [9.17, 15) is 9.90 Å². The van der Waals surface area contributed by atoms with Crippen LogP contribution in [0.25, 0.3) is 0 Å². The van der Waals surface area contributed by atoms with Crippen LogP contribution in [0.3, 0.4) is 0 Å². The molecule has 2 rings (SSSR count). The molecule has 2 fully saturated rings. The summed E-state index contributed by atoms with van der Waals surface area (Å²) >= 11 is 0. The molecule has 0 aromatic rings. The number of Topliss-reactive ketones (excluding diaryl/α,β-unsaturated/α-hetero) is 1. The minimum Gasteiger partial charge on any atom is -0.393 e. The molecule has 3 nitrogen and oxygen atoms in total. The highest BCUT2D eigenvalue weighted by Crippen LogP contribution is 2.25. The molecule has 0 amide bonds. The monoisotopic (exact) mass is 253 g/mol. The minimum atomic E-state index is -0.174. The van der Waals surface area contributed by atoms with Crippen molar-refractivity contribution >= 4 is 5.78 Å². The lowest BCUT2D eigenvalue weighted by Gasteiger charge is -2.34. The summed E-state index contributed by atoms with van der Waals surface area (Å²) in [6, 6.07) is 0. The van der Waals surface area contributed by atoms with Crippen molar-refractivity contribution in [3.63, 3.8) is 0 Å². The molecule has 104 valence electrons. The molecule has 0 aromatic heterocycles. The summed E-state index contributed by atoms with van der Waals surface area (Å²) in [6.45, 7) is 4.97. The lowest BCUT2D eigenvalue weighted by molar-refractivity contribution is -0.123. The number of aliphatic hydroxyl groups excluding tert-OH is 1. The SMILES string of the molecule is CC(O)C1CCN(CC2CCCCCC2=O)CC1. The van der Waals surface area contributed by atoms with Gasteiger partial charge in [-0.3, -0.25) is 4.79 Å². The summed E-state index contributed by atoms with van der Waals surface area (Å²) in [5.74, 6) is 1.24. The van der Waals surface area contributed by atoms with E-state index in [-0.39, 0.29) is 12.0 Å². The average Bonchev–Trinajstić information content (AvgIpc) is 2.56. The highest BCUT2D eigenvalue weighted by molar-refractivity contribution is 5.81. The smallest absolute Gasteiger partial charge is 0.137 e. The number of carbonyl (C=O) groups is 1. The van der Waals surface area contributed by atoms with E-state index in [1.165, 1.54) is 12.8 Å². The third kappa shape index (κ3) is 3.79. The molecule has 18 heavy (non-hydrogen) atoms. The topological polar surface area (TPSA) is 40.5 Å². The molecule has 2 aliphatic rings. The normalized spacial score (nSPS) is 30.1. The number of hydrogen-bond donors (Lipinski definition) is 1. The van der Waals surface area contributed by atoms with Gasteiger partial charge in [0.25, 0.3) is 0 Å². The van der Waals surface area contributed by atoms with Crippen molar-refractivity contribution in [1.29, 1.82) is 0 Å². The molecular formula is C15H27NO2. The Kier molecular flexibility index (Phi) is 5.19. The molecule has 1 heterocycles. The van der Waals surface area contributed by atoms with Gasteiger partial charge in [0.2, 0.25) is 0 Å². The second kappa shape index (κ2) is 6.67. The highest BCUT2D eigenvalue weighted by Gasteiger charge is 2.27. The molecule has 1 aliphatic carbocycles. The van der Waals surface area contributed by atoms with E-state index in [4.69, 9.17) is 0 Å². The van der Waals surface area contributed by atoms with Crippen molar-refractivity contribution < 1.29 is 9.90 Å². The Hall–Kier alpha value is -0.410. The zero-order valence-electron chi connectivity index (χ0n) is 11.6. The number of carbonyl (C=O) groups excluding carboxylic acids is 1. The fourth-order valence-electron chi connectivity index (χ4n) is 3.35. The van der Waals surface area contributed by atoms with Gasteiger partial charge in [-0.2, -0.15) is 0 Å². The lowest BCUT2D eigenvalue weighted by atomic mass is 9.90. The largest absolute Gasteiger partial charge is 0.393 e. The first kappa shape index (κ1) is 14.0. The minimum absolute atomic E-state index is 0.174. The zero-order valence-corrected chi connectivity index (χ0v) is 11.6. The van der Waals surface area contributed by atoms with Crippen molar-refractivity contribution in [2.45, 2.75) is 58.0 Å². The summed E-state index contributed by atoms with van der Waals surface area (Å²) in [5.41, 5.74) is 0. The molecule has 2 unspecified atom stereocenters. The first-order valence-corrected chi connectivity index (χ1v) is 7.60. The number of rotatable bonds is 3. The summed E-state index contributed by atoms with van der Waals surface area (Å²) in [7, 11) is 0. The van der Waals surface area contributed by atoms with Crippen molar-refractivity contribution in [2.24, 2.45) is 11.8 Å². The van der Waals surface area contributed by atoms with Crippen molar-refractivity contribution in [2.75, 3.05) is 19.6 Å². The Balaban J connectivity index is 1.78. The Bertz CT molecular complexity index is 270. The Morgan fingerprint density at radius 3 is 2.61 bits per heavy atom. The van der Waals surface area contributed by atoms with E-state index < -0.39 is 0 Å². The van der Waals surface area contributed by atoms with Gasteiger partial charge in [-0.25, -0.2) is 0 Å². The second-order valence-corrected chi connectivity index (χ2v) is 6.14. The Morgan fingerprint density at radius 1 is 1.22 bits per heavy atom. The van der Waals surface area contributed by atoms with Gasteiger partial charge in [-0.05, 0) is 51.6 Å². The molecule has 0 bridgehead atoms. The third-order valence-electron chi connectivity index (χ3n) is 4.72. The first-order chi connectivity index (χ1) is 8.66. The third-order valence-corrected chi connectivity index (χ3v) is 4.72. The van der Waals surface area contributed by atoms with Gasteiger partial charge in [-0.15, -0.1) is 0 Å². The van der Waals surface area contributed by atoms with Crippen LogP contribution < -0.4 is 0 Å². The molecule has 1 aliphatic heterocycles. The van der Waals surface area contributed by atoms with Crippen LogP contribution in [0.2, 0.25) is 0 Å². The Morgan fingerprint density at radius 2 is 1.94 bits per heavy atom. The predicted octanol–water partition coefficient (Wildman–Crippen LogP) is 2.23. The van der Waals surface area contributed by atoms with Crippen LogP contribution in [-0.2, 0) is 4.79 Å². The highest BCUT2D eigenvalue weighted by atomic mass is 16.3. The van der Waals surface area contributed by atoms with Gasteiger partial charge in [0, 0.05) is 18.9 Å². The van der Waals surface area contributed by atoms with Gasteiger partial charge >= 0.3 is 0 Å². The maximum Gasteiger partial charge on any atom is 0.137 e. The summed E-state index contributed by atoms with van der Waals surface area (Å²) in [5, 5.41) is 9.59. The summed E-state index contributed by atoms with van der Waals surface area (Å²) < 4.78 is 0. The number of likely N-dealkylation sites (tertiary alicyclic amines) is 1. The van der Waals surface area contributed by atoms with Crippen LogP contribution in [0.5, 0.6) is 0 Å².